The molecule has 4 bridgehead atoms. The molecule has 0 unspecified atom stereocenters. The number of carbonyl (C=O) groups excluding carboxylic acids is 1. The summed E-state index contributed by atoms with van der Waals surface area (Å²) in [4.78, 5) is 28.6. The number of nitrogens with zero attached hydrogens (tertiary/aromatic N) is 2. The molecule has 28 heavy (non-hydrogen) atoms. The van der Waals surface area contributed by atoms with Gasteiger partial charge in [-0.25, -0.2) is 4.79 Å². The Labute approximate surface area is 168 Å². The van der Waals surface area contributed by atoms with Crippen LogP contribution in [0.15, 0.2) is 0 Å². The molecule has 5 saturated carbocycles. The van der Waals surface area contributed by atoms with Gasteiger partial charge in [-0.05, 0) is 74.5 Å². The van der Waals surface area contributed by atoms with E-state index < -0.39 is 6.09 Å². The Balaban J connectivity index is 1.27. The van der Waals surface area contributed by atoms with E-state index in [1.54, 1.807) is 0 Å². The molecular formula is C22H35N3O3. The summed E-state index contributed by atoms with van der Waals surface area (Å²) < 4.78 is 0. The van der Waals surface area contributed by atoms with Crippen LogP contribution < -0.4 is 5.32 Å². The molecule has 156 valence electrons. The lowest BCUT2D eigenvalue weighted by atomic mass is 9.54. The minimum atomic E-state index is -0.895. The normalized spacial score (nSPS) is 40.8. The Hall–Kier alpha value is -1.30. The molecule has 2 amide bonds. The summed E-state index contributed by atoms with van der Waals surface area (Å²) in [6, 6.07) is 0.0106. The fraction of sp³-hybridized carbons (Fsp3) is 0.909. The first-order chi connectivity index (χ1) is 13.6. The zero-order chi connectivity index (χ0) is 19.3. The molecule has 6 fully saturated rings. The van der Waals surface area contributed by atoms with Gasteiger partial charge in [0, 0.05) is 32.2 Å². The molecule has 6 heteroatoms. The van der Waals surface area contributed by atoms with Crippen LogP contribution in [0.4, 0.5) is 4.79 Å². The van der Waals surface area contributed by atoms with Gasteiger partial charge >= 0.3 is 6.09 Å². The highest BCUT2D eigenvalue weighted by molar-refractivity contribution is 5.83. The van der Waals surface area contributed by atoms with Crippen LogP contribution >= 0.6 is 0 Å². The van der Waals surface area contributed by atoms with Gasteiger partial charge in [0.15, 0.2) is 0 Å². The molecule has 1 heterocycles. The third-order valence-electron chi connectivity index (χ3n) is 8.57. The van der Waals surface area contributed by atoms with Crippen LogP contribution in [-0.4, -0.2) is 65.2 Å². The van der Waals surface area contributed by atoms with Gasteiger partial charge < -0.3 is 15.3 Å². The van der Waals surface area contributed by atoms with Gasteiger partial charge in [0.05, 0.1) is 0 Å². The lowest BCUT2D eigenvalue weighted by Crippen LogP contribution is -2.64. The van der Waals surface area contributed by atoms with Crippen molar-refractivity contribution in [1.29, 1.82) is 0 Å². The molecular weight excluding hydrogens is 354 g/mol. The van der Waals surface area contributed by atoms with E-state index in [1.807, 2.05) is 0 Å². The van der Waals surface area contributed by atoms with E-state index in [0.717, 1.165) is 18.4 Å². The Morgan fingerprint density at radius 1 is 0.929 bits per heavy atom. The van der Waals surface area contributed by atoms with E-state index in [0.29, 0.717) is 43.4 Å². The first kappa shape index (κ1) is 18.7. The molecule has 0 aromatic heterocycles. The monoisotopic (exact) mass is 389 g/mol. The van der Waals surface area contributed by atoms with Crippen molar-refractivity contribution in [1.82, 2.24) is 15.1 Å². The highest BCUT2D eigenvalue weighted by Gasteiger charge is 2.49. The van der Waals surface area contributed by atoms with E-state index in [2.05, 4.69) is 10.2 Å². The minimum Gasteiger partial charge on any atom is -0.465 e. The number of rotatable bonds is 4. The van der Waals surface area contributed by atoms with Crippen molar-refractivity contribution in [2.45, 2.75) is 69.9 Å². The summed E-state index contributed by atoms with van der Waals surface area (Å²) in [7, 11) is 0. The molecule has 1 aliphatic heterocycles. The summed E-state index contributed by atoms with van der Waals surface area (Å²) in [5.41, 5.74) is 0. The molecule has 5 aliphatic carbocycles. The van der Waals surface area contributed by atoms with Crippen molar-refractivity contribution in [3.8, 4) is 0 Å². The maximum Gasteiger partial charge on any atom is 0.407 e. The van der Waals surface area contributed by atoms with Crippen LogP contribution in [0, 0.1) is 29.6 Å². The Morgan fingerprint density at radius 3 is 2.18 bits per heavy atom. The maximum absolute atomic E-state index is 13.4. The molecule has 6 nitrogen and oxygen atoms in total. The van der Waals surface area contributed by atoms with Gasteiger partial charge in [-0.15, -0.1) is 0 Å². The van der Waals surface area contributed by atoms with Crippen molar-refractivity contribution >= 4 is 12.0 Å². The highest BCUT2D eigenvalue weighted by Crippen LogP contribution is 2.53. The van der Waals surface area contributed by atoms with Gasteiger partial charge in [-0.2, -0.15) is 0 Å². The van der Waals surface area contributed by atoms with E-state index in [9.17, 15) is 14.7 Å². The average molecular weight is 390 g/mol. The van der Waals surface area contributed by atoms with E-state index in [1.165, 1.54) is 62.7 Å². The number of carbonyl (C=O) groups is 2. The first-order valence-corrected chi connectivity index (χ1v) is 11.6. The van der Waals surface area contributed by atoms with Crippen molar-refractivity contribution < 1.29 is 14.7 Å². The summed E-state index contributed by atoms with van der Waals surface area (Å²) in [5, 5.41) is 12.9. The van der Waals surface area contributed by atoms with Gasteiger partial charge in [0.1, 0.15) is 6.04 Å². The van der Waals surface area contributed by atoms with Gasteiger partial charge in [0.2, 0.25) is 5.91 Å². The number of hydrogen-bond acceptors (Lipinski definition) is 3. The third-order valence-corrected chi connectivity index (χ3v) is 8.57. The van der Waals surface area contributed by atoms with Crippen molar-refractivity contribution in [3.05, 3.63) is 0 Å². The second-order valence-corrected chi connectivity index (χ2v) is 10.4. The molecule has 1 atom stereocenters. The summed E-state index contributed by atoms with van der Waals surface area (Å²) >= 11 is 0. The number of piperazine rings is 1. The van der Waals surface area contributed by atoms with Crippen LogP contribution in [0.3, 0.4) is 0 Å². The standard InChI is InChI=1S/C22H35N3O3/c26-21(23-20-17-8-15-7-16(10-17)11-18(20)9-15)19-13-25(22(27)28)6-5-24(19)12-14-3-1-2-4-14/h14-20H,1-13H2,(H,23,26)(H,27,28)/t15?,16?,17?,18?,19-,20?/m1/s1. The molecule has 0 aromatic carbocycles. The summed E-state index contributed by atoms with van der Waals surface area (Å²) in [5.74, 6) is 3.86. The topological polar surface area (TPSA) is 72.9 Å². The van der Waals surface area contributed by atoms with Crippen LogP contribution in [0.2, 0.25) is 0 Å². The lowest BCUT2D eigenvalue weighted by Gasteiger charge is -2.54. The zero-order valence-electron chi connectivity index (χ0n) is 16.9. The molecule has 0 radical (unpaired) electrons. The Bertz CT molecular complexity index is 590. The minimum absolute atomic E-state index is 0.0846. The maximum atomic E-state index is 13.4. The second-order valence-electron chi connectivity index (χ2n) is 10.4. The summed E-state index contributed by atoms with van der Waals surface area (Å²) in [6.45, 7) is 2.47. The number of carboxylic acid groups (broad SMARTS) is 1. The highest BCUT2D eigenvalue weighted by atomic mass is 16.4. The van der Waals surface area contributed by atoms with E-state index in [4.69, 9.17) is 0 Å². The smallest absolute Gasteiger partial charge is 0.407 e. The number of amides is 2. The van der Waals surface area contributed by atoms with E-state index >= 15 is 0 Å². The van der Waals surface area contributed by atoms with Crippen molar-refractivity contribution in [3.63, 3.8) is 0 Å². The molecule has 6 aliphatic rings. The molecule has 0 spiro atoms. The third kappa shape index (κ3) is 3.53. The molecule has 6 rings (SSSR count). The van der Waals surface area contributed by atoms with Crippen LogP contribution in [0.5, 0.6) is 0 Å². The van der Waals surface area contributed by atoms with Gasteiger partial charge in [0.25, 0.3) is 0 Å². The van der Waals surface area contributed by atoms with Gasteiger partial charge in [-0.3, -0.25) is 9.69 Å². The fourth-order valence-electron chi connectivity index (χ4n) is 7.41. The van der Waals surface area contributed by atoms with Crippen molar-refractivity contribution in [2.24, 2.45) is 29.6 Å². The zero-order valence-corrected chi connectivity index (χ0v) is 16.9. The average Bonchev–Trinajstić information content (AvgIpc) is 3.17. The predicted molar refractivity (Wildman–Crippen MR) is 106 cm³/mol. The SMILES string of the molecule is O=C(NC1C2CC3CC(C2)CC1C3)[C@H]1CN(C(=O)O)CCN1CC1CCCC1. The largest absolute Gasteiger partial charge is 0.465 e. The van der Waals surface area contributed by atoms with Crippen LogP contribution in [0.1, 0.15) is 57.8 Å². The Kier molecular flexibility index (Phi) is 5.02. The molecule has 0 aromatic rings. The predicted octanol–water partition coefficient (Wildman–Crippen LogP) is 2.78. The van der Waals surface area contributed by atoms with Gasteiger partial charge in [-0.1, -0.05) is 12.8 Å². The fourth-order valence-corrected chi connectivity index (χ4v) is 7.41. The van der Waals surface area contributed by atoms with E-state index in [-0.39, 0.29) is 11.9 Å². The number of nitrogens with one attached hydrogen (secondary N) is 1. The van der Waals surface area contributed by atoms with Crippen LogP contribution in [-0.2, 0) is 4.79 Å². The molecule has 1 saturated heterocycles. The summed E-state index contributed by atoms with van der Waals surface area (Å²) in [6.07, 6.45) is 10.8. The van der Waals surface area contributed by atoms with Crippen LogP contribution in [0.25, 0.3) is 0 Å². The van der Waals surface area contributed by atoms with Crippen molar-refractivity contribution in [2.75, 3.05) is 26.2 Å². The Morgan fingerprint density at radius 2 is 1.57 bits per heavy atom. The lowest BCUT2D eigenvalue weighted by molar-refractivity contribution is -0.132. The first-order valence-electron chi connectivity index (χ1n) is 11.6. The number of hydrogen-bond donors (Lipinski definition) is 2. The molecule has 2 N–H and O–H groups in total. The second kappa shape index (κ2) is 7.51. The quantitative estimate of drug-likeness (QED) is 0.775.